The van der Waals surface area contributed by atoms with Gasteiger partial charge in [-0.25, -0.2) is 0 Å². The van der Waals surface area contributed by atoms with Crippen molar-refractivity contribution in [3.05, 3.63) is 28.8 Å². The molecule has 0 radical (unpaired) electrons. The van der Waals surface area contributed by atoms with E-state index in [1.165, 1.54) is 12.8 Å². The van der Waals surface area contributed by atoms with E-state index in [0.717, 1.165) is 36.7 Å². The number of hydrogen-bond acceptors (Lipinski definition) is 4. The molecule has 4 nitrogen and oxygen atoms in total. The molecule has 0 amide bonds. The van der Waals surface area contributed by atoms with Gasteiger partial charge in [0.15, 0.2) is 0 Å². The summed E-state index contributed by atoms with van der Waals surface area (Å²) >= 11 is 6.22. The summed E-state index contributed by atoms with van der Waals surface area (Å²) in [7, 11) is 0. The van der Waals surface area contributed by atoms with Crippen LogP contribution < -0.4 is 10.1 Å². The van der Waals surface area contributed by atoms with Crippen molar-refractivity contribution < 1.29 is 14.6 Å². The highest BCUT2D eigenvalue weighted by atomic mass is 35.5. The third kappa shape index (κ3) is 4.35. The average molecular weight is 326 g/mol. The number of rotatable bonds is 7. The van der Waals surface area contributed by atoms with Crippen molar-refractivity contribution in [3.63, 3.8) is 0 Å². The Hall–Kier alpha value is -0.810. The highest BCUT2D eigenvalue weighted by Gasteiger charge is 2.23. The predicted molar refractivity (Wildman–Crippen MR) is 86.5 cm³/mol. The van der Waals surface area contributed by atoms with Crippen LogP contribution in [0.2, 0.25) is 5.02 Å². The van der Waals surface area contributed by atoms with Crippen molar-refractivity contribution in [3.8, 4) is 5.75 Å². The second-order valence-electron chi connectivity index (χ2n) is 6.24. The molecule has 1 saturated carbocycles. The Morgan fingerprint density at radius 2 is 2.23 bits per heavy atom. The lowest BCUT2D eigenvalue weighted by Crippen LogP contribution is -2.33. The molecule has 2 N–H and O–H groups in total. The highest BCUT2D eigenvalue weighted by Crippen LogP contribution is 2.36. The van der Waals surface area contributed by atoms with E-state index in [-0.39, 0.29) is 6.04 Å². The number of aliphatic hydroxyl groups excluding tert-OH is 1. The Kier molecular flexibility index (Phi) is 5.58. The summed E-state index contributed by atoms with van der Waals surface area (Å²) in [5, 5.41) is 14.1. The number of ether oxygens (including phenoxy) is 2. The normalized spacial score (nSPS) is 22.5. The first-order valence-corrected chi connectivity index (χ1v) is 8.52. The molecular weight excluding hydrogens is 302 g/mol. The molecule has 0 aromatic heterocycles. The van der Waals surface area contributed by atoms with Crippen molar-refractivity contribution in [1.82, 2.24) is 5.32 Å². The molecule has 2 unspecified atom stereocenters. The molecule has 1 aromatic carbocycles. The number of benzene rings is 1. The van der Waals surface area contributed by atoms with E-state index >= 15 is 0 Å². The molecule has 3 rings (SSSR count). The molecule has 5 heteroatoms. The van der Waals surface area contributed by atoms with Crippen LogP contribution in [0.1, 0.15) is 37.3 Å². The lowest BCUT2D eigenvalue weighted by molar-refractivity contribution is 0.0311. The molecule has 0 saturated heterocycles. The third-order valence-electron chi connectivity index (χ3n) is 4.22. The Balaban J connectivity index is 1.52. The van der Waals surface area contributed by atoms with Gasteiger partial charge in [-0.15, -0.1) is 0 Å². The number of aliphatic hydroxyl groups is 1. The summed E-state index contributed by atoms with van der Waals surface area (Å²) in [6, 6.07) is 6.00. The average Bonchev–Trinajstić information content (AvgIpc) is 3.32. The van der Waals surface area contributed by atoms with Crippen molar-refractivity contribution in [1.29, 1.82) is 0 Å². The molecule has 0 bridgehead atoms. The van der Waals surface area contributed by atoms with E-state index in [4.69, 9.17) is 21.1 Å². The molecule has 1 fully saturated rings. The minimum atomic E-state index is -0.481. The fourth-order valence-corrected chi connectivity index (χ4v) is 3.01. The zero-order valence-electron chi connectivity index (χ0n) is 12.8. The van der Waals surface area contributed by atoms with Crippen molar-refractivity contribution in [2.24, 2.45) is 5.92 Å². The topological polar surface area (TPSA) is 50.7 Å². The highest BCUT2D eigenvalue weighted by molar-refractivity contribution is 6.32. The minimum absolute atomic E-state index is 0.161. The van der Waals surface area contributed by atoms with Gasteiger partial charge >= 0.3 is 0 Å². The number of halogens is 1. The standard InChI is InChI=1S/C17H24ClNO3/c18-15-4-1-3-14-16(5-2-8-22-17(14)15)19-9-13(20)11-21-10-12-6-7-12/h1,3-4,12-13,16,19-20H,2,5-11H2. The molecule has 1 aliphatic carbocycles. The van der Waals surface area contributed by atoms with Crippen LogP contribution in [0.25, 0.3) is 0 Å². The Labute approximate surface area is 136 Å². The van der Waals surface area contributed by atoms with Gasteiger partial charge in [0.1, 0.15) is 5.75 Å². The summed E-state index contributed by atoms with van der Waals surface area (Å²) in [6.07, 6.45) is 4.01. The molecule has 1 aromatic rings. The zero-order chi connectivity index (χ0) is 15.4. The number of hydrogen-bond donors (Lipinski definition) is 2. The summed E-state index contributed by atoms with van der Waals surface area (Å²) in [5.74, 6) is 1.51. The van der Waals surface area contributed by atoms with Crippen LogP contribution in [0.3, 0.4) is 0 Å². The van der Waals surface area contributed by atoms with Crippen LogP contribution in [0.4, 0.5) is 0 Å². The smallest absolute Gasteiger partial charge is 0.142 e. The second kappa shape index (κ2) is 7.64. The van der Waals surface area contributed by atoms with Crippen molar-refractivity contribution >= 4 is 11.6 Å². The molecule has 2 atom stereocenters. The first-order valence-electron chi connectivity index (χ1n) is 8.14. The van der Waals surface area contributed by atoms with Crippen LogP contribution in [-0.2, 0) is 4.74 Å². The molecule has 0 spiro atoms. The predicted octanol–water partition coefficient (Wildman–Crippen LogP) is 2.93. The van der Waals surface area contributed by atoms with E-state index in [2.05, 4.69) is 5.32 Å². The summed E-state index contributed by atoms with van der Waals surface area (Å²) in [6.45, 7) is 2.38. The molecular formula is C17H24ClNO3. The van der Waals surface area contributed by atoms with Gasteiger partial charge in [0.05, 0.1) is 24.3 Å². The van der Waals surface area contributed by atoms with Gasteiger partial charge in [-0.1, -0.05) is 23.7 Å². The molecule has 1 heterocycles. The zero-order valence-corrected chi connectivity index (χ0v) is 13.5. The van der Waals surface area contributed by atoms with E-state index in [1.54, 1.807) is 0 Å². The number of para-hydroxylation sites is 1. The SMILES string of the molecule is OC(CNC1CCCOc2c(Cl)cccc21)COCC1CC1. The van der Waals surface area contributed by atoms with Gasteiger partial charge in [0, 0.05) is 24.8 Å². The van der Waals surface area contributed by atoms with E-state index < -0.39 is 6.10 Å². The van der Waals surface area contributed by atoms with Crippen molar-refractivity contribution in [2.75, 3.05) is 26.4 Å². The monoisotopic (exact) mass is 325 g/mol. The molecule has 122 valence electrons. The van der Waals surface area contributed by atoms with Gasteiger partial charge in [-0.3, -0.25) is 0 Å². The van der Waals surface area contributed by atoms with Gasteiger partial charge in [0.2, 0.25) is 0 Å². The van der Waals surface area contributed by atoms with Crippen LogP contribution in [0, 0.1) is 5.92 Å². The van der Waals surface area contributed by atoms with Crippen molar-refractivity contribution in [2.45, 2.75) is 37.8 Å². The summed E-state index contributed by atoms with van der Waals surface area (Å²) < 4.78 is 11.3. The maximum atomic E-state index is 10.0. The maximum Gasteiger partial charge on any atom is 0.142 e. The fourth-order valence-electron chi connectivity index (χ4n) is 2.77. The van der Waals surface area contributed by atoms with E-state index in [1.807, 2.05) is 18.2 Å². The fraction of sp³-hybridized carbons (Fsp3) is 0.647. The lowest BCUT2D eigenvalue weighted by atomic mass is 10.0. The maximum absolute atomic E-state index is 10.0. The van der Waals surface area contributed by atoms with Gasteiger partial charge in [-0.05, 0) is 37.7 Å². The van der Waals surface area contributed by atoms with Crippen LogP contribution in [-0.4, -0.2) is 37.6 Å². The van der Waals surface area contributed by atoms with E-state index in [0.29, 0.717) is 24.8 Å². The first kappa shape index (κ1) is 16.1. The second-order valence-corrected chi connectivity index (χ2v) is 6.65. The minimum Gasteiger partial charge on any atom is -0.492 e. The molecule has 2 aliphatic rings. The molecule has 22 heavy (non-hydrogen) atoms. The third-order valence-corrected chi connectivity index (χ3v) is 4.51. The summed E-state index contributed by atoms with van der Waals surface area (Å²) in [5.41, 5.74) is 1.08. The lowest BCUT2D eigenvalue weighted by Gasteiger charge is -2.21. The largest absolute Gasteiger partial charge is 0.492 e. The Morgan fingerprint density at radius 3 is 3.05 bits per heavy atom. The Bertz CT molecular complexity index is 493. The quantitative estimate of drug-likeness (QED) is 0.809. The molecule has 1 aliphatic heterocycles. The number of nitrogens with one attached hydrogen (secondary N) is 1. The van der Waals surface area contributed by atoms with E-state index in [9.17, 15) is 5.11 Å². The van der Waals surface area contributed by atoms with Gasteiger partial charge in [-0.2, -0.15) is 0 Å². The van der Waals surface area contributed by atoms with Crippen LogP contribution in [0.15, 0.2) is 18.2 Å². The first-order chi connectivity index (χ1) is 10.7. The van der Waals surface area contributed by atoms with Crippen LogP contribution in [0.5, 0.6) is 5.75 Å². The van der Waals surface area contributed by atoms with Gasteiger partial charge < -0.3 is 19.9 Å². The Morgan fingerprint density at radius 1 is 1.36 bits per heavy atom. The van der Waals surface area contributed by atoms with Crippen LogP contribution >= 0.6 is 11.6 Å². The summed E-state index contributed by atoms with van der Waals surface area (Å²) in [4.78, 5) is 0. The number of fused-ring (bicyclic) bond motifs is 1. The van der Waals surface area contributed by atoms with Gasteiger partial charge in [0.25, 0.3) is 0 Å².